The molecule has 20 heavy (non-hydrogen) atoms. The van der Waals surface area contributed by atoms with Crippen LogP contribution in [0.1, 0.15) is 30.1 Å². The molecule has 1 aliphatic heterocycles. The van der Waals surface area contributed by atoms with Crippen LogP contribution >= 0.6 is 0 Å². The van der Waals surface area contributed by atoms with Crippen molar-refractivity contribution in [2.75, 3.05) is 6.54 Å². The van der Waals surface area contributed by atoms with E-state index in [9.17, 15) is 19.5 Å². The number of hydrogen-bond donors (Lipinski definition) is 1. The molecule has 0 saturated carbocycles. The van der Waals surface area contributed by atoms with E-state index in [-0.39, 0.29) is 0 Å². The van der Waals surface area contributed by atoms with Gasteiger partial charge in [-0.25, -0.2) is 5.01 Å². The molecular formula is C14H16N2O4. The summed E-state index contributed by atoms with van der Waals surface area (Å²) in [5.41, 5.74) is 0.360. The third-order valence-electron chi connectivity index (χ3n) is 3.28. The highest BCUT2D eigenvalue weighted by Gasteiger charge is 2.38. The molecule has 2 rings (SSSR count). The fourth-order valence-electron chi connectivity index (χ4n) is 2.39. The molecule has 6 heteroatoms. The molecule has 1 aromatic carbocycles. The zero-order chi connectivity index (χ0) is 14.7. The average Bonchev–Trinajstić information content (AvgIpc) is 2.88. The number of aliphatic carboxylic acids is 1. The first-order valence-corrected chi connectivity index (χ1v) is 6.42. The topological polar surface area (TPSA) is 77.9 Å². The summed E-state index contributed by atoms with van der Waals surface area (Å²) < 4.78 is 0. The molecule has 1 atom stereocenters. The number of imide groups is 1. The zero-order valence-electron chi connectivity index (χ0n) is 11.2. The first-order chi connectivity index (χ1) is 9.52. The Kier molecular flexibility index (Phi) is 4.14. The van der Waals surface area contributed by atoms with Crippen LogP contribution in [0.3, 0.4) is 0 Å². The molecule has 2 amide bonds. The maximum absolute atomic E-state index is 12.4. The number of hydrogen-bond acceptors (Lipinski definition) is 4. The monoisotopic (exact) mass is 276 g/mol. The SMILES string of the molecule is CC(=O)N(C(=O)c1ccccc1)N1CCC[C@H]1C(=O)O. The van der Waals surface area contributed by atoms with Gasteiger partial charge in [0, 0.05) is 19.0 Å². The minimum Gasteiger partial charge on any atom is -0.480 e. The van der Waals surface area contributed by atoms with Crippen molar-refractivity contribution < 1.29 is 19.5 Å². The quantitative estimate of drug-likeness (QED) is 0.895. The molecule has 0 spiro atoms. The summed E-state index contributed by atoms with van der Waals surface area (Å²) in [6.07, 6.45) is 1.07. The normalized spacial score (nSPS) is 18.8. The van der Waals surface area contributed by atoms with Crippen LogP contribution in [0.15, 0.2) is 30.3 Å². The minimum absolute atomic E-state index is 0.360. The van der Waals surface area contributed by atoms with E-state index in [0.29, 0.717) is 24.9 Å². The van der Waals surface area contributed by atoms with E-state index in [0.717, 1.165) is 5.01 Å². The highest BCUT2D eigenvalue weighted by atomic mass is 16.4. The number of carboxylic acids is 1. The van der Waals surface area contributed by atoms with Crippen LogP contribution in [0.25, 0.3) is 0 Å². The second-order valence-electron chi connectivity index (χ2n) is 4.66. The van der Waals surface area contributed by atoms with Crippen molar-refractivity contribution in [2.45, 2.75) is 25.8 Å². The Labute approximate surface area is 116 Å². The van der Waals surface area contributed by atoms with Gasteiger partial charge in [-0.05, 0) is 25.0 Å². The molecular weight excluding hydrogens is 260 g/mol. The molecule has 1 aromatic rings. The van der Waals surface area contributed by atoms with Crippen molar-refractivity contribution in [3.63, 3.8) is 0 Å². The molecule has 1 N–H and O–H groups in total. The second kappa shape index (κ2) is 5.83. The molecule has 0 bridgehead atoms. The summed E-state index contributed by atoms with van der Waals surface area (Å²) >= 11 is 0. The molecule has 0 aliphatic carbocycles. The van der Waals surface area contributed by atoms with Gasteiger partial charge in [-0.3, -0.25) is 14.4 Å². The van der Waals surface area contributed by atoms with Gasteiger partial charge in [0.25, 0.3) is 5.91 Å². The lowest BCUT2D eigenvalue weighted by Gasteiger charge is -2.31. The van der Waals surface area contributed by atoms with Crippen molar-refractivity contribution in [2.24, 2.45) is 0 Å². The Balaban J connectivity index is 2.30. The third kappa shape index (κ3) is 2.70. The lowest BCUT2D eigenvalue weighted by atomic mass is 10.2. The Bertz CT molecular complexity index is 529. The van der Waals surface area contributed by atoms with Gasteiger partial charge in [0.2, 0.25) is 5.91 Å². The maximum Gasteiger partial charge on any atom is 0.322 e. The summed E-state index contributed by atoms with van der Waals surface area (Å²) in [6.45, 7) is 1.65. The summed E-state index contributed by atoms with van der Waals surface area (Å²) in [5.74, 6) is -1.99. The molecule has 1 saturated heterocycles. The van der Waals surface area contributed by atoms with Gasteiger partial charge in [-0.1, -0.05) is 18.2 Å². The largest absolute Gasteiger partial charge is 0.480 e. The van der Waals surface area contributed by atoms with Crippen molar-refractivity contribution >= 4 is 17.8 Å². The van der Waals surface area contributed by atoms with Crippen molar-refractivity contribution in [3.05, 3.63) is 35.9 Å². The molecule has 1 aliphatic rings. The fourth-order valence-corrected chi connectivity index (χ4v) is 2.39. The first kappa shape index (κ1) is 14.2. The number of carbonyl (C=O) groups excluding carboxylic acids is 2. The van der Waals surface area contributed by atoms with Crippen LogP contribution in [-0.4, -0.2) is 45.5 Å². The first-order valence-electron chi connectivity index (χ1n) is 6.42. The molecule has 0 aromatic heterocycles. The van der Waals surface area contributed by atoms with E-state index < -0.39 is 23.8 Å². The van der Waals surface area contributed by atoms with Gasteiger partial charge in [0.1, 0.15) is 6.04 Å². The number of rotatable bonds is 3. The van der Waals surface area contributed by atoms with Crippen LogP contribution in [0.4, 0.5) is 0 Å². The summed E-state index contributed by atoms with van der Waals surface area (Å²) in [5, 5.41) is 11.5. The minimum atomic E-state index is -1.02. The van der Waals surface area contributed by atoms with Crippen molar-refractivity contribution in [1.82, 2.24) is 10.0 Å². The van der Waals surface area contributed by atoms with Crippen LogP contribution in [0.5, 0.6) is 0 Å². The highest BCUT2D eigenvalue weighted by Crippen LogP contribution is 2.21. The Morgan fingerprint density at radius 3 is 2.45 bits per heavy atom. The lowest BCUT2D eigenvalue weighted by Crippen LogP contribution is -2.53. The fraction of sp³-hybridized carbons (Fsp3) is 0.357. The molecule has 1 heterocycles. The number of hydrazine groups is 1. The van der Waals surface area contributed by atoms with E-state index in [4.69, 9.17) is 0 Å². The molecule has 0 unspecified atom stereocenters. The molecule has 6 nitrogen and oxygen atoms in total. The third-order valence-corrected chi connectivity index (χ3v) is 3.28. The van der Waals surface area contributed by atoms with Gasteiger partial charge in [0.15, 0.2) is 0 Å². The Morgan fingerprint density at radius 1 is 1.25 bits per heavy atom. The molecule has 106 valence electrons. The van der Waals surface area contributed by atoms with Gasteiger partial charge in [-0.15, -0.1) is 0 Å². The maximum atomic E-state index is 12.4. The summed E-state index contributed by atoms with van der Waals surface area (Å²) in [6, 6.07) is 7.54. The van der Waals surface area contributed by atoms with Gasteiger partial charge < -0.3 is 5.11 Å². The van der Waals surface area contributed by atoms with Gasteiger partial charge in [-0.2, -0.15) is 5.01 Å². The van der Waals surface area contributed by atoms with Crippen LogP contribution in [0, 0.1) is 0 Å². The number of nitrogens with zero attached hydrogens (tertiary/aromatic N) is 2. The average molecular weight is 276 g/mol. The predicted octanol–water partition coefficient (Wildman–Crippen LogP) is 1.14. The summed E-state index contributed by atoms with van der Waals surface area (Å²) in [4.78, 5) is 35.4. The van der Waals surface area contributed by atoms with Crippen molar-refractivity contribution in [3.8, 4) is 0 Å². The highest BCUT2D eigenvalue weighted by molar-refractivity contribution is 6.03. The van der Waals surface area contributed by atoms with E-state index in [1.54, 1.807) is 30.3 Å². The Morgan fingerprint density at radius 2 is 1.90 bits per heavy atom. The van der Waals surface area contributed by atoms with E-state index >= 15 is 0 Å². The predicted molar refractivity (Wildman–Crippen MR) is 70.7 cm³/mol. The van der Waals surface area contributed by atoms with Crippen LogP contribution in [-0.2, 0) is 9.59 Å². The van der Waals surface area contributed by atoms with E-state index in [2.05, 4.69) is 0 Å². The molecule has 1 fully saturated rings. The van der Waals surface area contributed by atoms with E-state index in [1.165, 1.54) is 11.9 Å². The van der Waals surface area contributed by atoms with Gasteiger partial charge >= 0.3 is 5.97 Å². The number of benzene rings is 1. The van der Waals surface area contributed by atoms with Gasteiger partial charge in [0.05, 0.1) is 0 Å². The summed E-state index contributed by atoms with van der Waals surface area (Å²) in [7, 11) is 0. The Hall–Kier alpha value is -2.21. The second-order valence-corrected chi connectivity index (χ2v) is 4.66. The lowest BCUT2D eigenvalue weighted by molar-refractivity contribution is -0.153. The van der Waals surface area contributed by atoms with Crippen LogP contribution < -0.4 is 0 Å². The smallest absolute Gasteiger partial charge is 0.322 e. The van der Waals surface area contributed by atoms with E-state index in [1.807, 2.05) is 0 Å². The number of carboxylic acid groups (broad SMARTS) is 1. The standard InChI is InChI=1S/C14H16N2O4/c1-10(17)16(13(18)11-6-3-2-4-7-11)15-9-5-8-12(15)14(19)20/h2-4,6-7,12H,5,8-9H2,1H3,(H,19,20)/t12-/m0/s1. The number of amides is 2. The van der Waals surface area contributed by atoms with Crippen molar-refractivity contribution in [1.29, 1.82) is 0 Å². The van der Waals surface area contributed by atoms with Crippen LogP contribution in [0.2, 0.25) is 0 Å². The number of carbonyl (C=O) groups is 3. The molecule has 0 radical (unpaired) electrons. The zero-order valence-corrected chi connectivity index (χ0v) is 11.2.